The van der Waals surface area contributed by atoms with Crippen LogP contribution < -0.4 is 5.32 Å². The van der Waals surface area contributed by atoms with Gasteiger partial charge in [-0.15, -0.1) is 0 Å². The molecule has 0 aliphatic carbocycles. The summed E-state index contributed by atoms with van der Waals surface area (Å²) in [5.41, 5.74) is 4.80. The number of carbonyl (C=O) groups is 1. The zero-order chi connectivity index (χ0) is 19.9. The lowest BCUT2D eigenvalue weighted by Gasteiger charge is -2.27. The van der Waals surface area contributed by atoms with Crippen molar-refractivity contribution < 1.29 is 4.79 Å². The number of amides is 1. The number of nitrogens with zero attached hydrogens (tertiary/aromatic N) is 3. The van der Waals surface area contributed by atoms with Crippen LogP contribution >= 0.6 is 0 Å². The van der Waals surface area contributed by atoms with Crippen molar-refractivity contribution in [3.63, 3.8) is 0 Å². The Kier molecular flexibility index (Phi) is 6.27. The van der Waals surface area contributed by atoms with Crippen LogP contribution in [0.2, 0.25) is 0 Å². The molecule has 2 heterocycles. The first-order valence-electron chi connectivity index (χ1n) is 10.2. The summed E-state index contributed by atoms with van der Waals surface area (Å²) in [7, 11) is 0. The Morgan fingerprint density at radius 2 is 1.69 bits per heavy atom. The fourth-order valence-corrected chi connectivity index (χ4v) is 3.70. The van der Waals surface area contributed by atoms with Gasteiger partial charge in [0, 0.05) is 19.2 Å². The highest BCUT2D eigenvalue weighted by Gasteiger charge is 2.12. The average molecular weight is 386 g/mol. The second kappa shape index (κ2) is 9.43. The molecule has 1 saturated heterocycles. The fourth-order valence-electron chi connectivity index (χ4n) is 3.70. The van der Waals surface area contributed by atoms with E-state index in [0.717, 1.165) is 30.7 Å². The number of nitrogens with one attached hydrogen (secondary N) is 1. The predicted molar refractivity (Wildman–Crippen MR) is 116 cm³/mol. The van der Waals surface area contributed by atoms with Crippen LogP contribution in [0, 0.1) is 0 Å². The van der Waals surface area contributed by atoms with E-state index >= 15 is 0 Å². The molecule has 5 heteroatoms. The van der Waals surface area contributed by atoms with Gasteiger partial charge < -0.3 is 5.32 Å². The minimum atomic E-state index is -0.132. The van der Waals surface area contributed by atoms with Gasteiger partial charge in [0.25, 0.3) is 0 Å². The summed E-state index contributed by atoms with van der Waals surface area (Å²) < 4.78 is 0. The standard InChI is InChI=1S/C24H26N4O/c29-24(13-12-21-17-25-22-10-4-5-11-23(22)27-21)26-16-19-8-2-3-9-20(19)18-28-14-6-1-7-15-28/h2-5,8-13,17H,1,6-7,14-16,18H2,(H,26,29)/b13-12+. The van der Waals surface area contributed by atoms with Crippen LogP contribution in [0.4, 0.5) is 0 Å². The molecule has 2 aromatic carbocycles. The molecule has 5 nitrogen and oxygen atoms in total. The molecule has 1 fully saturated rings. The number of hydrogen-bond acceptors (Lipinski definition) is 4. The Balaban J connectivity index is 1.36. The zero-order valence-electron chi connectivity index (χ0n) is 16.6. The van der Waals surface area contributed by atoms with Crippen molar-refractivity contribution in [1.82, 2.24) is 20.2 Å². The van der Waals surface area contributed by atoms with Gasteiger partial charge in [-0.2, -0.15) is 0 Å². The van der Waals surface area contributed by atoms with Gasteiger partial charge in [-0.1, -0.05) is 42.8 Å². The van der Waals surface area contributed by atoms with Crippen molar-refractivity contribution in [3.05, 3.63) is 77.6 Å². The van der Waals surface area contributed by atoms with Crippen molar-refractivity contribution in [2.75, 3.05) is 13.1 Å². The highest BCUT2D eigenvalue weighted by atomic mass is 16.1. The van der Waals surface area contributed by atoms with E-state index in [1.54, 1.807) is 12.3 Å². The van der Waals surface area contributed by atoms with Crippen LogP contribution in [0.3, 0.4) is 0 Å². The molecule has 0 spiro atoms. The number of hydrogen-bond donors (Lipinski definition) is 1. The van der Waals surface area contributed by atoms with Gasteiger partial charge in [-0.05, 0) is 55.3 Å². The lowest BCUT2D eigenvalue weighted by atomic mass is 10.0. The van der Waals surface area contributed by atoms with Gasteiger partial charge in [0.1, 0.15) is 0 Å². The van der Waals surface area contributed by atoms with Gasteiger partial charge >= 0.3 is 0 Å². The summed E-state index contributed by atoms with van der Waals surface area (Å²) in [6, 6.07) is 16.1. The molecule has 29 heavy (non-hydrogen) atoms. The van der Waals surface area contributed by atoms with Crippen molar-refractivity contribution in [2.24, 2.45) is 0 Å². The Bertz CT molecular complexity index is 1010. The van der Waals surface area contributed by atoms with E-state index in [1.165, 1.54) is 36.5 Å². The Morgan fingerprint density at radius 3 is 2.52 bits per heavy atom. The number of rotatable bonds is 6. The van der Waals surface area contributed by atoms with E-state index < -0.39 is 0 Å². The SMILES string of the molecule is O=C(/C=C/c1cnc2ccccc2n1)NCc1ccccc1CN1CCCCC1. The van der Waals surface area contributed by atoms with Gasteiger partial charge in [0.2, 0.25) is 5.91 Å². The first-order chi connectivity index (χ1) is 14.3. The maximum absolute atomic E-state index is 12.3. The zero-order valence-corrected chi connectivity index (χ0v) is 16.6. The number of fused-ring (bicyclic) bond motifs is 1. The molecule has 1 N–H and O–H groups in total. The van der Waals surface area contributed by atoms with E-state index in [-0.39, 0.29) is 5.91 Å². The molecule has 1 aromatic heterocycles. The molecule has 1 aliphatic heterocycles. The van der Waals surface area contributed by atoms with Crippen LogP contribution in [0.15, 0.2) is 60.8 Å². The van der Waals surface area contributed by atoms with E-state index in [4.69, 9.17) is 0 Å². The van der Waals surface area contributed by atoms with Gasteiger partial charge in [0.05, 0.1) is 22.9 Å². The van der Waals surface area contributed by atoms with Crippen molar-refractivity contribution in [1.29, 1.82) is 0 Å². The van der Waals surface area contributed by atoms with Gasteiger partial charge in [0.15, 0.2) is 0 Å². The van der Waals surface area contributed by atoms with Crippen LogP contribution in [-0.4, -0.2) is 33.9 Å². The molecular weight excluding hydrogens is 360 g/mol. The second-order valence-corrected chi connectivity index (χ2v) is 7.44. The minimum Gasteiger partial charge on any atom is -0.348 e. The third kappa shape index (κ3) is 5.27. The normalized spacial score (nSPS) is 15.0. The molecule has 0 unspecified atom stereocenters. The number of piperidine rings is 1. The third-order valence-corrected chi connectivity index (χ3v) is 5.29. The maximum Gasteiger partial charge on any atom is 0.244 e. The maximum atomic E-state index is 12.3. The van der Waals surface area contributed by atoms with Crippen LogP contribution in [0.1, 0.15) is 36.1 Å². The first-order valence-corrected chi connectivity index (χ1v) is 10.2. The van der Waals surface area contributed by atoms with Crippen molar-refractivity contribution in [2.45, 2.75) is 32.4 Å². The number of para-hydroxylation sites is 2. The first kappa shape index (κ1) is 19.3. The largest absolute Gasteiger partial charge is 0.348 e. The summed E-state index contributed by atoms with van der Waals surface area (Å²) in [4.78, 5) is 23.7. The fraction of sp³-hybridized carbons (Fsp3) is 0.292. The summed E-state index contributed by atoms with van der Waals surface area (Å²) >= 11 is 0. The molecule has 3 aromatic rings. The van der Waals surface area contributed by atoms with Crippen LogP contribution in [-0.2, 0) is 17.9 Å². The topological polar surface area (TPSA) is 58.1 Å². The van der Waals surface area contributed by atoms with Crippen molar-refractivity contribution in [3.8, 4) is 0 Å². The predicted octanol–water partition coefficient (Wildman–Crippen LogP) is 3.95. The lowest BCUT2D eigenvalue weighted by molar-refractivity contribution is -0.116. The van der Waals surface area contributed by atoms with Gasteiger partial charge in [-0.3, -0.25) is 14.7 Å². The molecule has 0 atom stereocenters. The van der Waals surface area contributed by atoms with Crippen LogP contribution in [0.5, 0.6) is 0 Å². The second-order valence-electron chi connectivity index (χ2n) is 7.44. The van der Waals surface area contributed by atoms with E-state index in [0.29, 0.717) is 12.2 Å². The Hall–Kier alpha value is -3.05. The molecule has 4 rings (SSSR count). The molecule has 0 bridgehead atoms. The summed E-state index contributed by atoms with van der Waals surface area (Å²) in [6.07, 6.45) is 8.80. The number of carbonyl (C=O) groups excluding carboxylic acids is 1. The Morgan fingerprint density at radius 1 is 0.966 bits per heavy atom. The van der Waals surface area contributed by atoms with Crippen LogP contribution in [0.25, 0.3) is 17.1 Å². The van der Waals surface area contributed by atoms with Gasteiger partial charge in [-0.25, -0.2) is 4.98 Å². The number of benzene rings is 2. The minimum absolute atomic E-state index is 0.132. The summed E-state index contributed by atoms with van der Waals surface area (Å²) in [6.45, 7) is 3.80. The summed E-state index contributed by atoms with van der Waals surface area (Å²) in [5.74, 6) is -0.132. The number of likely N-dealkylation sites (tertiary alicyclic amines) is 1. The highest BCUT2D eigenvalue weighted by molar-refractivity contribution is 5.91. The monoisotopic (exact) mass is 386 g/mol. The molecular formula is C24H26N4O. The smallest absolute Gasteiger partial charge is 0.244 e. The van der Waals surface area contributed by atoms with E-state index in [1.807, 2.05) is 30.3 Å². The average Bonchev–Trinajstić information content (AvgIpc) is 2.77. The Labute approximate surface area is 171 Å². The molecule has 1 aliphatic rings. The highest BCUT2D eigenvalue weighted by Crippen LogP contribution is 2.16. The number of aromatic nitrogens is 2. The lowest BCUT2D eigenvalue weighted by Crippen LogP contribution is -2.30. The molecule has 0 radical (unpaired) electrons. The quantitative estimate of drug-likeness (QED) is 0.652. The summed E-state index contributed by atoms with van der Waals surface area (Å²) in [5, 5.41) is 2.99. The van der Waals surface area contributed by atoms with E-state index in [2.05, 4.69) is 38.4 Å². The third-order valence-electron chi connectivity index (χ3n) is 5.29. The molecule has 1 amide bonds. The van der Waals surface area contributed by atoms with Crippen molar-refractivity contribution >= 4 is 23.0 Å². The van der Waals surface area contributed by atoms with E-state index in [9.17, 15) is 4.79 Å². The molecule has 148 valence electrons. The molecule has 0 saturated carbocycles.